The largest absolute Gasteiger partial charge is 0.393 e. The second-order valence-electron chi connectivity index (χ2n) is 4.80. The number of anilines is 1. The van der Waals surface area contributed by atoms with E-state index in [1.165, 1.54) is 0 Å². The van der Waals surface area contributed by atoms with E-state index in [2.05, 4.69) is 4.90 Å². The zero-order chi connectivity index (χ0) is 12.4. The Balaban J connectivity index is 2.08. The lowest BCUT2D eigenvalue weighted by Gasteiger charge is -2.35. The first kappa shape index (κ1) is 11.9. The number of aliphatic hydroxyl groups is 1. The van der Waals surface area contributed by atoms with E-state index in [0.29, 0.717) is 5.92 Å². The first-order chi connectivity index (χ1) is 8.08. The highest BCUT2D eigenvalue weighted by Crippen LogP contribution is 2.29. The summed E-state index contributed by atoms with van der Waals surface area (Å²) in [6, 6.07) is 7.69. The van der Waals surface area contributed by atoms with E-state index in [1.54, 1.807) is 0 Å². The zero-order valence-corrected chi connectivity index (χ0v) is 10.1. The highest BCUT2D eigenvalue weighted by atomic mass is 16.3. The van der Waals surface area contributed by atoms with Gasteiger partial charge in [-0.25, -0.2) is 0 Å². The van der Waals surface area contributed by atoms with Crippen molar-refractivity contribution in [3.05, 3.63) is 29.8 Å². The van der Waals surface area contributed by atoms with Crippen LogP contribution in [0, 0.1) is 11.3 Å². The van der Waals surface area contributed by atoms with Gasteiger partial charge in [-0.2, -0.15) is 0 Å². The molecule has 4 heteroatoms. The third-order valence-corrected chi connectivity index (χ3v) is 3.35. The molecule has 0 spiro atoms. The van der Waals surface area contributed by atoms with Crippen molar-refractivity contribution in [2.24, 2.45) is 11.7 Å². The molecule has 0 unspecified atom stereocenters. The Morgan fingerprint density at radius 1 is 1.47 bits per heavy atom. The van der Waals surface area contributed by atoms with Gasteiger partial charge in [0.1, 0.15) is 5.84 Å². The van der Waals surface area contributed by atoms with Gasteiger partial charge < -0.3 is 15.7 Å². The van der Waals surface area contributed by atoms with E-state index >= 15 is 0 Å². The van der Waals surface area contributed by atoms with Crippen LogP contribution in [0.25, 0.3) is 0 Å². The highest BCUT2D eigenvalue weighted by molar-refractivity contribution is 6.00. The van der Waals surface area contributed by atoms with E-state index in [4.69, 9.17) is 11.1 Å². The molecule has 0 aliphatic heterocycles. The number of para-hydroxylation sites is 1. The maximum absolute atomic E-state index is 9.27. The van der Waals surface area contributed by atoms with Gasteiger partial charge in [-0.15, -0.1) is 0 Å². The van der Waals surface area contributed by atoms with E-state index < -0.39 is 0 Å². The Labute approximate surface area is 102 Å². The number of amidine groups is 1. The van der Waals surface area contributed by atoms with Gasteiger partial charge in [0, 0.05) is 24.8 Å². The third kappa shape index (κ3) is 2.58. The Morgan fingerprint density at radius 2 is 2.12 bits per heavy atom. The molecule has 1 saturated carbocycles. The van der Waals surface area contributed by atoms with Crippen LogP contribution in [0.3, 0.4) is 0 Å². The second-order valence-corrected chi connectivity index (χ2v) is 4.80. The standard InChI is InChI=1S/C13H19N3O/c1-16(8-9-6-10(17)7-9)12-5-3-2-4-11(12)13(14)15/h2-5,9-10,17H,6-8H2,1H3,(H3,14,15). The van der Waals surface area contributed by atoms with Gasteiger partial charge in [-0.05, 0) is 30.9 Å². The van der Waals surface area contributed by atoms with Gasteiger partial charge in [0.05, 0.1) is 6.10 Å². The molecule has 0 radical (unpaired) electrons. The molecule has 0 aromatic heterocycles. The topological polar surface area (TPSA) is 73.3 Å². The summed E-state index contributed by atoms with van der Waals surface area (Å²) >= 11 is 0. The lowest BCUT2D eigenvalue weighted by Crippen LogP contribution is -2.37. The summed E-state index contributed by atoms with van der Waals surface area (Å²) < 4.78 is 0. The Morgan fingerprint density at radius 3 is 2.71 bits per heavy atom. The first-order valence-electron chi connectivity index (χ1n) is 5.90. The maximum Gasteiger partial charge on any atom is 0.124 e. The van der Waals surface area contributed by atoms with Crippen LogP contribution in [0.1, 0.15) is 18.4 Å². The van der Waals surface area contributed by atoms with Crippen LogP contribution in [0.2, 0.25) is 0 Å². The normalized spacial score (nSPS) is 22.9. The molecule has 1 aromatic carbocycles. The molecular weight excluding hydrogens is 214 g/mol. The van der Waals surface area contributed by atoms with Crippen molar-refractivity contribution in [2.75, 3.05) is 18.5 Å². The molecule has 4 N–H and O–H groups in total. The molecule has 0 saturated heterocycles. The van der Waals surface area contributed by atoms with Crippen molar-refractivity contribution in [1.29, 1.82) is 5.41 Å². The van der Waals surface area contributed by atoms with Crippen molar-refractivity contribution in [3.8, 4) is 0 Å². The Bertz CT molecular complexity index is 413. The first-order valence-corrected chi connectivity index (χ1v) is 5.90. The predicted octanol–water partition coefficient (Wildman–Crippen LogP) is 1.18. The van der Waals surface area contributed by atoms with Crippen molar-refractivity contribution < 1.29 is 5.11 Å². The van der Waals surface area contributed by atoms with E-state index in [0.717, 1.165) is 30.6 Å². The van der Waals surface area contributed by atoms with Crippen molar-refractivity contribution in [2.45, 2.75) is 18.9 Å². The fourth-order valence-electron chi connectivity index (χ4n) is 2.37. The third-order valence-electron chi connectivity index (χ3n) is 3.35. The summed E-state index contributed by atoms with van der Waals surface area (Å²) in [5, 5.41) is 16.8. The molecule has 0 atom stereocenters. The molecule has 0 bridgehead atoms. The predicted molar refractivity (Wildman–Crippen MR) is 69.5 cm³/mol. The van der Waals surface area contributed by atoms with Gasteiger partial charge in [0.2, 0.25) is 0 Å². The molecule has 17 heavy (non-hydrogen) atoms. The number of nitrogens with zero attached hydrogens (tertiary/aromatic N) is 1. The highest BCUT2D eigenvalue weighted by Gasteiger charge is 2.28. The van der Waals surface area contributed by atoms with Crippen LogP contribution in [0.5, 0.6) is 0 Å². The smallest absolute Gasteiger partial charge is 0.124 e. The van der Waals surface area contributed by atoms with Crippen LogP contribution in [-0.4, -0.2) is 30.6 Å². The van der Waals surface area contributed by atoms with Crippen LogP contribution in [0.15, 0.2) is 24.3 Å². The number of rotatable bonds is 4. The van der Waals surface area contributed by atoms with Crippen molar-refractivity contribution >= 4 is 11.5 Å². The molecular formula is C13H19N3O. The van der Waals surface area contributed by atoms with Crippen LogP contribution in [-0.2, 0) is 0 Å². The molecule has 1 fully saturated rings. The van der Waals surface area contributed by atoms with Crippen molar-refractivity contribution in [1.82, 2.24) is 0 Å². The number of nitrogens with one attached hydrogen (secondary N) is 1. The monoisotopic (exact) mass is 233 g/mol. The van der Waals surface area contributed by atoms with Gasteiger partial charge in [-0.1, -0.05) is 12.1 Å². The summed E-state index contributed by atoms with van der Waals surface area (Å²) in [5.41, 5.74) is 7.33. The van der Waals surface area contributed by atoms with Crippen molar-refractivity contribution in [3.63, 3.8) is 0 Å². The Kier molecular flexibility index (Phi) is 3.33. The molecule has 1 aliphatic rings. The van der Waals surface area contributed by atoms with Gasteiger partial charge >= 0.3 is 0 Å². The van der Waals surface area contributed by atoms with Gasteiger partial charge in [-0.3, -0.25) is 5.41 Å². The summed E-state index contributed by atoms with van der Waals surface area (Å²) in [6.07, 6.45) is 1.65. The number of aliphatic hydroxyl groups excluding tert-OH is 1. The number of hydrogen-bond acceptors (Lipinski definition) is 3. The van der Waals surface area contributed by atoms with E-state index in [9.17, 15) is 5.11 Å². The minimum atomic E-state index is -0.114. The molecule has 4 nitrogen and oxygen atoms in total. The van der Waals surface area contributed by atoms with Crippen LogP contribution in [0.4, 0.5) is 5.69 Å². The minimum absolute atomic E-state index is 0.0982. The molecule has 1 aromatic rings. The molecule has 2 rings (SSSR count). The average molecular weight is 233 g/mol. The molecule has 0 amide bonds. The van der Waals surface area contributed by atoms with E-state index in [-0.39, 0.29) is 11.9 Å². The molecule has 92 valence electrons. The average Bonchev–Trinajstić information content (AvgIpc) is 2.27. The van der Waals surface area contributed by atoms with E-state index in [1.807, 2.05) is 31.3 Å². The van der Waals surface area contributed by atoms with Gasteiger partial charge in [0.15, 0.2) is 0 Å². The lowest BCUT2D eigenvalue weighted by atomic mass is 9.82. The fraction of sp³-hybridized carbons (Fsp3) is 0.462. The number of benzene rings is 1. The summed E-state index contributed by atoms with van der Waals surface area (Å²) in [7, 11) is 2.01. The summed E-state index contributed by atoms with van der Waals surface area (Å²) in [4.78, 5) is 2.12. The molecule has 0 heterocycles. The minimum Gasteiger partial charge on any atom is -0.393 e. The second kappa shape index (κ2) is 4.75. The summed E-state index contributed by atoms with van der Waals surface area (Å²) in [5.74, 6) is 0.649. The lowest BCUT2D eigenvalue weighted by molar-refractivity contribution is 0.0465. The van der Waals surface area contributed by atoms with Gasteiger partial charge in [0.25, 0.3) is 0 Å². The molecule has 1 aliphatic carbocycles. The van der Waals surface area contributed by atoms with Crippen LogP contribution < -0.4 is 10.6 Å². The Hall–Kier alpha value is -1.55. The maximum atomic E-state index is 9.27. The number of hydrogen-bond donors (Lipinski definition) is 3. The number of nitrogen functional groups attached to an aromatic ring is 1. The number of nitrogens with two attached hydrogens (primary N) is 1. The fourth-order valence-corrected chi connectivity index (χ4v) is 2.37. The van der Waals surface area contributed by atoms with Crippen LogP contribution >= 0.6 is 0 Å². The SMILES string of the molecule is CN(CC1CC(O)C1)c1ccccc1C(=N)N. The quantitative estimate of drug-likeness (QED) is 0.540. The summed E-state index contributed by atoms with van der Waals surface area (Å²) in [6.45, 7) is 0.904. The zero-order valence-electron chi connectivity index (χ0n) is 10.1.